The van der Waals surface area contributed by atoms with E-state index in [1.807, 2.05) is 6.07 Å². The van der Waals surface area contributed by atoms with Gasteiger partial charge in [0.25, 0.3) is 11.2 Å². The van der Waals surface area contributed by atoms with Gasteiger partial charge >= 0.3 is 5.97 Å². The van der Waals surface area contributed by atoms with Crippen molar-refractivity contribution in [3.63, 3.8) is 0 Å². The number of carbonyl (C=O) groups is 1. The molecule has 0 bridgehead atoms. The van der Waals surface area contributed by atoms with E-state index in [1.165, 1.54) is 22.8 Å². The van der Waals surface area contributed by atoms with Crippen LogP contribution < -0.4 is 14.9 Å². The smallest absolute Gasteiger partial charge is 0.338 e. The SMILES string of the molecule is CCOC(=O)C1=C(C)N=c2s/c(=C/c3ccccc3Cl)c(=O)n2[C@H]1c1cccc([N+](=O)[O-])c1. The molecule has 0 amide bonds. The number of nitrogens with zero attached hydrogens (tertiary/aromatic N) is 3. The van der Waals surface area contributed by atoms with Crippen LogP contribution in [0.3, 0.4) is 0 Å². The molecule has 2 aromatic carbocycles. The first kappa shape index (κ1) is 22.6. The third-order valence-corrected chi connectivity index (χ3v) is 6.43. The number of carbonyl (C=O) groups excluding carboxylic acids is 1. The summed E-state index contributed by atoms with van der Waals surface area (Å²) in [5.41, 5.74) is 1.09. The summed E-state index contributed by atoms with van der Waals surface area (Å²) in [5.74, 6) is -0.629. The van der Waals surface area contributed by atoms with Crippen molar-refractivity contribution in [1.29, 1.82) is 0 Å². The minimum Gasteiger partial charge on any atom is -0.463 e. The number of nitro benzene ring substituents is 1. The van der Waals surface area contributed by atoms with Crippen molar-refractivity contribution < 1.29 is 14.5 Å². The van der Waals surface area contributed by atoms with E-state index in [-0.39, 0.29) is 23.4 Å². The second-order valence-electron chi connectivity index (χ2n) is 7.18. The molecule has 2 heterocycles. The Labute approximate surface area is 196 Å². The average molecular weight is 484 g/mol. The second-order valence-corrected chi connectivity index (χ2v) is 8.59. The van der Waals surface area contributed by atoms with Gasteiger partial charge in [-0.2, -0.15) is 0 Å². The molecule has 0 aliphatic carbocycles. The van der Waals surface area contributed by atoms with Gasteiger partial charge in [0.2, 0.25) is 0 Å². The molecule has 0 N–H and O–H groups in total. The molecule has 10 heteroatoms. The highest BCUT2D eigenvalue weighted by Gasteiger charge is 2.34. The second kappa shape index (κ2) is 9.13. The van der Waals surface area contributed by atoms with E-state index in [9.17, 15) is 19.7 Å². The molecule has 1 aromatic heterocycles. The number of rotatable bonds is 5. The lowest BCUT2D eigenvalue weighted by atomic mass is 9.95. The Kier molecular flexibility index (Phi) is 6.26. The van der Waals surface area contributed by atoms with Crippen molar-refractivity contribution in [2.45, 2.75) is 19.9 Å². The van der Waals surface area contributed by atoms with Gasteiger partial charge < -0.3 is 4.74 Å². The fraction of sp³-hybridized carbons (Fsp3) is 0.174. The number of nitro groups is 1. The molecular formula is C23H18ClN3O5S. The average Bonchev–Trinajstić information content (AvgIpc) is 3.09. The van der Waals surface area contributed by atoms with Crippen LogP contribution in [0.4, 0.5) is 5.69 Å². The molecule has 0 radical (unpaired) electrons. The van der Waals surface area contributed by atoms with Crippen molar-refractivity contribution in [1.82, 2.24) is 4.57 Å². The van der Waals surface area contributed by atoms with Gasteiger partial charge in [-0.05, 0) is 37.1 Å². The summed E-state index contributed by atoms with van der Waals surface area (Å²) in [6, 6.07) is 12.1. The molecule has 0 unspecified atom stereocenters. The van der Waals surface area contributed by atoms with Gasteiger partial charge in [-0.1, -0.05) is 53.3 Å². The largest absolute Gasteiger partial charge is 0.463 e. The van der Waals surface area contributed by atoms with Crippen molar-refractivity contribution in [2.24, 2.45) is 4.99 Å². The summed E-state index contributed by atoms with van der Waals surface area (Å²) in [6.07, 6.45) is 1.67. The number of ether oxygens (including phenoxy) is 1. The fourth-order valence-corrected chi connectivity index (χ4v) is 4.88. The Morgan fingerprint density at radius 3 is 2.76 bits per heavy atom. The van der Waals surface area contributed by atoms with E-state index in [4.69, 9.17) is 16.3 Å². The molecule has 8 nitrogen and oxygen atoms in total. The molecule has 0 spiro atoms. The van der Waals surface area contributed by atoms with Crippen molar-refractivity contribution in [2.75, 3.05) is 6.61 Å². The van der Waals surface area contributed by atoms with Gasteiger partial charge in [0.05, 0.1) is 33.4 Å². The van der Waals surface area contributed by atoms with Gasteiger partial charge in [-0.3, -0.25) is 19.5 Å². The zero-order valence-electron chi connectivity index (χ0n) is 17.6. The molecule has 0 fully saturated rings. The van der Waals surface area contributed by atoms with Crippen LogP contribution >= 0.6 is 22.9 Å². The van der Waals surface area contributed by atoms with Crippen LogP contribution in [-0.2, 0) is 9.53 Å². The first-order valence-electron chi connectivity index (χ1n) is 10.0. The summed E-state index contributed by atoms with van der Waals surface area (Å²) in [6.45, 7) is 3.46. The summed E-state index contributed by atoms with van der Waals surface area (Å²) >= 11 is 7.41. The molecule has 1 atom stereocenters. The molecule has 1 aliphatic rings. The van der Waals surface area contributed by atoms with E-state index in [2.05, 4.69) is 4.99 Å². The third kappa shape index (κ3) is 4.24. The predicted molar refractivity (Wildman–Crippen MR) is 125 cm³/mol. The summed E-state index contributed by atoms with van der Waals surface area (Å²) in [7, 11) is 0. The van der Waals surface area contributed by atoms with Gasteiger partial charge in [0, 0.05) is 17.2 Å². The maximum absolute atomic E-state index is 13.5. The molecule has 33 heavy (non-hydrogen) atoms. The molecule has 4 rings (SSSR count). The Morgan fingerprint density at radius 1 is 1.30 bits per heavy atom. The van der Waals surface area contributed by atoms with Gasteiger partial charge in [0.1, 0.15) is 0 Å². The van der Waals surface area contributed by atoms with Gasteiger partial charge in [-0.15, -0.1) is 0 Å². The molecule has 3 aromatic rings. The summed E-state index contributed by atoms with van der Waals surface area (Å²) < 4.78 is 6.98. The van der Waals surface area contributed by atoms with Gasteiger partial charge in [-0.25, -0.2) is 9.79 Å². The topological polar surface area (TPSA) is 104 Å². The number of halogens is 1. The van der Waals surface area contributed by atoms with Crippen LogP contribution in [0.25, 0.3) is 6.08 Å². The van der Waals surface area contributed by atoms with Crippen molar-refractivity contribution >= 4 is 40.7 Å². The molecule has 0 saturated carbocycles. The molecule has 0 saturated heterocycles. The quantitative estimate of drug-likeness (QED) is 0.314. The lowest BCUT2D eigenvalue weighted by Crippen LogP contribution is -2.40. The first-order chi connectivity index (χ1) is 15.8. The summed E-state index contributed by atoms with van der Waals surface area (Å²) in [5, 5.41) is 11.9. The number of aromatic nitrogens is 1. The maximum atomic E-state index is 13.5. The number of fused-ring (bicyclic) bond motifs is 1. The number of non-ortho nitro benzene ring substituents is 1. The van der Waals surface area contributed by atoms with E-state index in [0.717, 1.165) is 11.3 Å². The Bertz CT molecular complexity index is 1490. The number of thiazole rings is 1. The van der Waals surface area contributed by atoms with Crippen LogP contribution in [0.1, 0.15) is 31.0 Å². The lowest BCUT2D eigenvalue weighted by Gasteiger charge is -2.24. The zero-order valence-corrected chi connectivity index (χ0v) is 19.2. The van der Waals surface area contributed by atoms with E-state index in [0.29, 0.717) is 31.2 Å². The number of esters is 1. The third-order valence-electron chi connectivity index (χ3n) is 5.11. The monoisotopic (exact) mass is 483 g/mol. The highest BCUT2D eigenvalue weighted by molar-refractivity contribution is 7.07. The minimum atomic E-state index is -0.923. The van der Waals surface area contributed by atoms with Crippen molar-refractivity contribution in [3.8, 4) is 0 Å². The Morgan fingerprint density at radius 2 is 2.06 bits per heavy atom. The molecular weight excluding hydrogens is 466 g/mol. The number of allylic oxidation sites excluding steroid dienone is 1. The highest BCUT2D eigenvalue weighted by Crippen LogP contribution is 2.32. The summed E-state index contributed by atoms with van der Waals surface area (Å²) in [4.78, 5) is 42.1. The van der Waals surface area contributed by atoms with Crippen LogP contribution in [0.15, 0.2) is 69.6 Å². The normalized spacial score (nSPS) is 15.7. The number of hydrogen-bond acceptors (Lipinski definition) is 7. The lowest BCUT2D eigenvalue weighted by molar-refractivity contribution is -0.384. The first-order valence-corrected chi connectivity index (χ1v) is 11.2. The highest BCUT2D eigenvalue weighted by atomic mass is 35.5. The number of hydrogen-bond donors (Lipinski definition) is 0. The van der Waals surface area contributed by atoms with E-state index >= 15 is 0 Å². The van der Waals surface area contributed by atoms with Crippen LogP contribution in [0.5, 0.6) is 0 Å². The number of benzene rings is 2. The fourth-order valence-electron chi connectivity index (χ4n) is 3.65. The van der Waals surface area contributed by atoms with Crippen LogP contribution in [-0.4, -0.2) is 22.1 Å². The maximum Gasteiger partial charge on any atom is 0.338 e. The van der Waals surface area contributed by atoms with E-state index in [1.54, 1.807) is 44.2 Å². The Hall–Kier alpha value is -3.56. The zero-order chi connectivity index (χ0) is 23.7. The van der Waals surface area contributed by atoms with Crippen LogP contribution in [0, 0.1) is 10.1 Å². The molecule has 168 valence electrons. The standard InChI is InChI=1S/C23H18ClN3O5S/c1-3-32-22(29)19-13(2)25-23-26(20(19)15-8-6-9-16(11-15)27(30)31)21(28)18(33-23)12-14-7-4-5-10-17(14)24/h4-12,20H,3H2,1-2H3/b18-12+/t20-/m0/s1. The van der Waals surface area contributed by atoms with Crippen LogP contribution in [0.2, 0.25) is 5.02 Å². The van der Waals surface area contributed by atoms with Gasteiger partial charge in [0.15, 0.2) is 4.80 Å². The molecule has 1 aliphatic heterocycles. The minimum absolute atomic E-state index is 0.133. The van der Waals surface area contributed by atoms with Crippen molar-refractivity contribution in [3.05, 3.63) is 106 Å². The predicted octanol–water partition coefficient (Wildman–Crippen LogP) is 3.36. The van der Waals surface area contributed by atoms with E-state index < -0.39 is 16.9 Å². The Balaban J connectivity index is 1.99.